The van der Waals surface area contributed by atoms with E-state index in [9.17, 15) is 9.59 Å². The first-order valence-corrected chi connectivity index (χ1v) is 1.83. The van der Waals surface area contributed by atoms with E-state index >= 15 is 0 Å². The minimum absolute atomic E-state index is 0.811. The van der Waals surface area contributed by atoms with Crippen molar-refractivity contribution in [3.63, 3.8) is 0 Å². The Balaban J connectivity index is 3.82. The fourth-order valence-corrected chi connectivity index (χ4v) is 0.148. The lowest BCUT2D eigenvalue weighted by Gasteiger charge is -1.86. The lowest BCUT2D eigenvalue weighted by atomic mass is 10.4. The summed E-state index contributed by atoms with van der Waals surface area (Å²) < 4.78 is 0. The normalized spacial score (nSPS) is 7.62. The SMILES string of the molecule is C=CC(=O)C(=O)NO. The van der Waals surface area contributed by atoms with Crippen molar-refractivity contribution >= 4 is 11.7 Å². The third-order valence-electron chi connectivity index (χ3n) is 0.511. The second-order valence-corrected chi connectivity index (χ2v) is 1.01. The molecule has 0 heterocycles. The van der Waals surface area contributed by atoms with Gasteiger partial charge in [-0.05, 0) is 6.08 Å². The first-order chi connectivity index (χ1) is 3.72. The number of amides is 1. The fourth-order valence-electron chi connectivity index (χ4n) is 0.148. The minimum atomic E-state index is -1.07. The van der Waals surface area contributed by atoms with Gasteiger partial charge < -0.3 is 0 Å². The molecule has 44 valence electrons. The molecule has 0 aliphatic heterocycles. The van der Waals surface area contributed by atoms with Crippen molar-refractivity contribution < 1.29 is 14.8 Å². The van der Waals surface area contributed by atoms with Crippen LogP contribution in [0.3, 0.4) is 0 Å². The van der Waals surface area contributed by atoms with E-state index in [1.54, 1.807) is 0 Å². The highest BCUT2D eigenvalue weighted by Crippen LogP contribution is 1.69. The maximum absolute atomic E-state index is 10.1. The molecule has 0 aromatic rings. The van der Waals surface area contributed by atoms with Crippen LogP contribution < -0.4 is 5.48 Å². The maximum Gasteiger partial charge on any atom is 0.315 e. The molecule has 0 unspecified atom stereocenters. The molecule has 0 aromatic heterocycles. The van der Waals surface area contributed by atoms with Crippen LogP contribution in [0.15, 0.2) is 12.7 Å². The third-order valence-corrected chi connectivity index (χ3v) is 0.511. The number of rotatable bonds is 2. The van der Waals surface area contributed by atoms with Gasteiger partial charge in [-0.1, -0.05) is 6.58 Å². The Kier molecular flexibility index (Phi) is 2.50. The van der Waals surface area contributed by atoms with Gasteiger partial charge in [0, 0.05) is 0 Å². The van der Waals surface area contributed by atoms with Crippen LogP contribution in [0.25, 0.3) is 0 Å². The molecule has 0 saturated heterocycles. The standard InChI is InChI=1S/C4H5NO3/c1-2-3(6)4(7)5-8/h2,8H,1H2,(H,5,7). The second kappa shape index (κ2) is 2.92. The van der Waals surface area contributed by atoms with Crippen LogP contribution in [-0.2, 0) is 9.59 Å². The molecule has 4 heteroatoms. The summed E-state index contributed by atoms with van der Waals surface area (Å²) in [5.41, 5.74) is 1.16. The Labute approximate surface area is 45.8 Å². The highest BCUT2D eigenvalue weighted by atomic mass is 16.5. The Hall–Kier alpha value is -1.16. The van der Waals surface area contributed by atoms with E-state index in [1.165, 1.54) is 0 Å². The maximum atomic E-state index is 10.1. The average molecular weight is 115 g/mol. The van der Waals surface area contributed by atoms with Gasteiger partial charge in [0.15, 0.2) is 0 Å². The van der Waals surface area contributed by atoms with Crippen molar-refractivity contribution in [1.29, 1.82) is 0 Å². The van der Waals surface area contributed by atoms with Crippen molar-refractivity contribution in [2.75, 3.05) is 0 Å². The van der Waals surface area contributed by atoms with Crippen LogP contribution in [0.4, 0.5) is 0 Å². The number of hydroxylamine groups is 1. The van der Waals surface area contributed by atoms with Gasteiger partial charge in [0.2, 0.25) is 5.78 Å². The van der Waals surface area contributed by atoms with Crippen LogP contribution in [0.5, 0.6) is 0 Å². The number of nitrogens with one attached hydrogen (secondary N) is 1. The summed E-state index contributed by atoms with van der Waals surface area (Å²) >= 11 is 0. The van der Waals surface area contributed by atoms with Crippen molar-refractivity contribution in [2.45, 2.75) is 0 Å². The lowest BCUT2D eigenvalue weighted by molar-refractivity contribution is -0.140. The zero-order valence-corrected chi connectivity index (χ0v) is 4.05. The molecule has 0 saturated carbocycles. The summed E-state index contributed by atoms with van der Waals surface area (Å²) in [7, 11) is 0. The summed E-state index contributed by atoms with van der Waals surface area (Å²) in [6.07, 6.45) is 0.811. The van der Waals surface area contributed by atoms with Crippen LogP contribution in [0.2, 0.25) is 0 Å². The molecule has 0 spiro atoms. The lowest BCUT2D eigenvalue weighted by Crippen LogP contribution is -2.26. The molecular weight excluding hydrogens is 110 g/mol. The molecule has 0 atom stereocenters. The van der Waals surface area contributed by atoms with Crippen LogP contribution in [-0.4, -0.2) is 16.9 Å². The predicted molar refractivity (Wildman–Crippen MR) is 25.1 cm³/mol. The number of hydrogen-bond donors (Lipinski definition) is 2. The molecule has 0 aliphatic carbocycles. The monoisotopic (exact) mass is 115 g/mol. The van der Waals surface area contributed by atoms with E-state index in [0.717, 1.165) is 11.6 Å². The summed E-state index contributed by atoms with van der Waals surface area (Å²) in [6, 6.07) is 0. The highest BCUT2D eigenvalue weighted by molar-refractivity contribution is 6.40. The average Bonchev–Trinajstić information content (AvgIpc) is 1.84. The van der Waals surface area contributed by atoms with Gasteiger partial charge in [0.05, 0.1) is 0 Å². The smallest absolute Gasteiger partial charge is 0.288 e. The first-order valence-electron chi connectivity index (χ1n) is 1.83. The van der Waals surface area contributed by atoms with Gasteiger partial charge in [-0.2, -0.15) is 0 Å². The molecule has 4 nitrogen and oxygen atoms in total. The van der Waals surface area contributed by atoms with Gasteiger partial charge in [-0.15, -0.1) is 0 Å². The minimum Gasteiger partial charge on any atom is -0.288 e. The molecular formula is C4H5NO3. The van der Waals surface area contributed by atoms with Crippen molar-refractivity contribution in [2.24, 2.45) is 0 Å². The van der Waals surface area contributed by atoms with Crippen LogP contribution in [0, 0.1) is 0 Å². The van der Waals surface area contributed by atoms with Gasteiger partial charge in [0.1, 0.15) is 0 Å². The molecule has 1 amide bonds. The Morgan fingerprint density at radius 1 is 1.62 bits per heavy atom. The highest BCUT2D eigenvalue weighted by Gasteiger charge is 2.04. The number of ketones is 1. The van der Waals surface area contributed by atoms with E-state index in [0.29, 0.717) is 0 Å². The zero-order chi connectivity index (χ0) is 6.57. The molecule has 0 bridgehead atoms. The molecule has 8 heavy (non-hydrogen) atoms. The largest absolute Gasteiger partial charge is 0.315 e. The molecule has 0 aromatic carbocycles. The van der Waals surface area contributed by atoms with Crippen molar-refractivity contribution in [1.82, 2.24) is 5.48 Å². The van der Waals surface area contributed by atoms with Gasteiger partial charge in [-0.25, -0.2) is 5.48 Å². The van der Waals surface area contributed by atoms with Gasteiger partial charge in [0.25, 0.3) is 0 Å². The Bertz CT molecular complexity index is 129. The Morgan fingerprint density at radius 3 is 2.25 bits per heavy atom. The van der Waals surface area contributed by atoms with Crippen molar-refractivity contribution in [3.8, 4) is 0 Å². The quantitative estimate of drug-likeness (QED) is 0.215. The molecule has 0 aliphatic rings. The van der Waals surface area contributed by atoms with Crippen LogP contribution in [0.1, 0.15) is 0 Å². The molecule has 0 rings (SSSR count). The van der Waals surface area contributed by atoms with E-state index in [4.69, 9.17) is 5.21 Å². The van der Waals surface area contributed by atoms with E-state index < -0.39 is 11.7 Å². The summed E-state index contributed by atoms with van der Waals surface area (Å²) in [5, 5.41) is 7.77. The topological polar surface area (TPSA) is 66.4 Å². The van der Waals surface area contributed by atoms with Gasteiger partial charge in [-0.3, -0.25) is 14.8 Å². The number of hydrogen-bond acceptors (Lipinski definition) is 3. The number of carbonyl (C=O) groups excluding carboxylic acids is 2. The predicted octanol–water partition coefficient (Wildman–Crippen LogP) is -0.753. The summed E-state index contributed by atoms with van der Waals surface area (Å²) in [4.78, 5) is 20.0. The fraction of sp³-hybridized carbons (Fsp3) is 0. The van der Waals surface area contributed by atoms with E-state index in [2.05, 4.69) is 6.58 Å². The summed E-state index contributed by atoms with van der Waals surface area (Å²) in [5.74, 6) is -1.92. The zero-order valence-electron chi connectivity index (χ0n) is 4.05. The van der Waals surface area contributed by atoms with Gasteiger partial charge >= 0.3 is 5.91 Å². The molecule has 0 fully saturated rings. The first kappa shape index (κ1) is 6.84. The molecule has 0 radical (unpaired) electrons. The second-order valence-electron chi connectivity index (χ2n) is 1.01. The van der Waals surface area contributed by atoms with Crippen LogP contribution >= 0.6 is 0 Å². The van der Waals surface area contributed by atoms with Crippen molar-refractivity contribution in [3.05, 3.63) is 12.7 Å². The molecule has 2 N–H and O–H groups in total. The number of carbonyl (C=O) groups is 2. The van der Waals surface area contributed by atoms with E-state index in [1.807, 2.05) is 0 Å². The Morgan fingerprint density at radius 2 is 2.12 bits per heavy atom. The van der Waals surface area contributed by atoms with E-state index in [-0.39, 0.29) is 0 Å². The third kappa shape index (κ3) is 1.53. The summed E-state index contributed by atoms with van der Waals surface area (Å²) in [6.45, 7) is 3.01.